The zero-order valence-corrected chi connectivity index (χ0v) is 11.8. The first-order valence-corrected chi connectivity index (χ1v) is 6.49. The summed E-state index contributed by atoms with van der Waals surface area (Å²) in [5.41, 5.74) is 11.8. The van der Waals surface area contributed by atoms with Crippen LogP contribution in [0.15, 0.2) is 30.2 Å². The molecule has 1 heterocycles. The number of nitrogens with zero attached hydrogens (tertiary/aromatic N) is 2. The van der Waals surface area contributed by atoms with Crippen molar-refractivity contribution in [2.24, 2.45) is 11.5 Å². The number of hydrogen-bond acceptors (Lipinski definition) is 5. The van der Waals surface area contributed by atoms with Gasteiger partial charge >= 0.3 is 0 Å². The van der Waals surface area contributed by atoms with Gasteiger partial charge in [-0.25, -0.2) is 9.97 Å². The zero-order chi connectivity index (χ0) is 14.0. The molecule has 0 saturated carbocycles. The molecule has 0 spiro atoms. The largest absolute Gasteiger partial charge is 0.496 e. The molecule has 0 radical (unpaired) electrons. The van der Waals surface area contributed by atoms with E-state index in [-0.39, 0.29) is 5.28 Å². The van der Waals surface area contributed by atoms with Crippen LogP contribution < -0.4 is 11.5 Å². The number of rotatable bonds is 3. The van der Waals surface area contributed by atoms with E-state index in [2.05, 4.69) is 9.97 Å². The van der Waals surface area contributed by atoms with Crippen molar-refractivity contribution >= 4 is 23.2 Å². The van der Waals surface area contributed by atoms with Crippen LogP contribution in [0.3, 0.4) is 0 Å². The summed E-state index contributed by atoms with van der Waals surface area (Å²) in [5, 5.41) is 0.377. The normalized spacial score (nSPS) is 26.2. The van der Waals surface area contributed by atoms with Gasteiger partial charge in [-0.05, 0) is 24.6 Å². The maximum Gasteiger partial charge on any atom is 0.222 e. The fourth-order valence-electron chi connectivity index (χ4n) is 1.92. The highest BCUT2D eigenvalue weighted by Gasteiger charge is 2.40. The van der Waals surface area contributed by atoms with Crippen molar-refractivity contribution in [3.05, 3.63) is 46.2 Å². The Morgan fingerprint density at radius 2 is 2.21 bits per heavy atom. The minimum absolute atomic E-state index is 0.0670. The van der Waals surface area contributed by atoms with Gasteiger partial charge in [0.15, 0.2) is 0 Å². The maximum atomic E-state index is 6.35. The van der Waals surface area contributed by atoms with Crippen LogP contribution in [-0.2, 0) is 10.3 Å². The molecule has 2 rings (SSSR count). The first-order valence-electron chi connectivity index (χ1n) is 5.74. The van der Waals surface area contributed by atoms with Gasteiger partial charge in [0.25, 0.3) is 0 Å². The Morgan fingerprint density at radius 3 is 2.89 bits per heavy atom. The molecule has 19 heavy (non-hydrogen) atoms. The molecule has 7 heteroatoms. The van der Waals surface area contributed by atoms with Crippen LogP contribution in [0.1, 0.15) is 12.6 Å². The van der Waals surface area contributed by atoms with Gasteiger partial charge in [-0.3, -0.25) is 0 Å². The van der Waals surface area contributed by atoms with Gasteiger partial charge in [0.2, 0.25) is 5.28 Å². The maximum absolute atomic E-state index is 6.35. The number of nitrogens with two attached hydrogens (primary N) is 2. The Morgan fingerprint density at radius 1 is 1.47 bits per heavy atom. The summed E-state index contributed by atoms with van der Waals surface area (Å²) in [6, 6.07) is -0.596. The first kappa shape index (κ1) is 14.3. The summed E-state index contributed by atoms with van der Waals surface area (Å²) in [4.78, 5) is 7.90. The van der Waals surface area contributed by atoms with Crippen molar-refractivity contribution in [3.8, 4) is 0 Å². The van der Waals surface area contributed by atoms with E-state index < -0.39 is 11.6 Å². The molecule has 0 aliphatic heterocycles. The molecular weight excluding hydrogens is 287 g/mol. The minimum Gasteiger partial charge on any atom is -0.496 e. The van der Waals surface area contributed by atoms with E-state index in [1.54, 1.807) is 18.2 Å². The molecule has 0 aromatic carbocycles. The fraction of sp³-hybridized carbons (Fsp3) is 0.333. The van der Waals surface area contributed by atoms with Gasteiger partial charge in [0, 0.05) is 0 Å². The van der Waals surface area contributed by atoms with Gasteiger partial charge in [0.05, 0.1) is 29.6 Å². The van der Waals surface area contributed by atoms with E-state index in [0.717, 1.165) is 0 Å². The van der Waals surface area contributed by atoms with Crippen LogP contribution in [0.2, 0.25) is 10.3 Å². The smallest absolute Gasteiger partial charge is 0.222 e. The lowest BCUT2D eigenvalue weighted by molar-refractivity contribution is 0.189. The zero-order valence-electron chi connectivity index (χ0n) is 10.3. The minimum atomic E-state index is -1.08. The molecule has 1 aromatic heterocycles. The molecule has 5 nitrogen and oxygen atoms in total. The number of aromatic nitrogens is 2. The summed E-state index contributed by atoms with van der Waals surface area (Å²) in [5.74, 6) is 0.582. The average molecular weight is 301 g/mol. The van der Waals surface area contributed by atoms with Crippen LogP contribution >= 0.6 is 23.2 Å². The topological polar surface area (TPSA) is 87.0 Å². The fourth-order valence-corrected chi connectivity index (χ4v) is 2.31. The predicted molar refractivity (Wildman–Crippen MR) is 74.7 cm³/mol. The summed E-state index contributed by atoms with van der Waals surface area (Å²) in [6.07, 6.45) is 6.67. The highest BCUT2D eigenvalue weighted by Crippen LogP contribution is 2.33. The average Bonchev–Trinajstić information content (AvgIpc) is 2.38. The van der Waals surface area contributed by atoms with Gasteiger partial charge in [-0.2, -0.15) is 0 Å². The molecule has 0 fully saturated rings. The van der Waals surface area contributed by atoms with Crippen LogP contribution in [0.4, 0.5) is 0 Å². The molecule has 102 valence electrons. The number of allylic oxidation sites excluding steroid dienone is 2. The van der Waals surface area contributed by atoms with Crippen LogP contribution in [-0.4, -0.2) is 22.6 Å². The highest BCUT2D eigenvalue weighted by molar-refractivity contribution is 6.32. The van der Waals surface area contributed by atoms with Crippen LogP contribution in [0.5, 0.6) is 0 Å². The summed E-state index contributed by atoms with van der Waals surface area (Å²) in [7, 11) is 0. The third-order valence-corrected chi connectivity index (χ3v) is 3.35. The molecule has 1 aliphatic rings. The lowest BCUT2D eigenvalue weighted by Gasteiger charge is -2.35. The van der Waals surface area contributed by atoms with Crippen molar-refractivity contribution in [1.82, 2.24) is 9.97 Å². The van der Waals surface area contributed by atoms with Crippen molar-refractivity contribution < 1.29 is 4.74 Å². The molecule has 1 aliphatic carbocycles. The van der Waals surface area contributed by atoms with Crippen molar-refractivity contribution in [2.45, 2.75) is 18.5 Å². The van der Waals surface area contributed by atoms with Crippen LogP contribution in [0.25, 0.3) is 0 Å². The summed E-state index contributed by atoms with van der Waals surface area (Å²) >= 11 is 11.9. The molecule has 1 aromatic rings. The van der Waals surface area contributed by atoms with E-state index in [1.165, 1.54) is 6.20 Å². The van der Waals surface area contributed by atoms with Crippen molar-refractivity contribution in [3.63, 3.8) is 0 Å². The molecular formula is C12H14Cl2N4O. The second-order valence-electron chi connectivity index (χ2n) is 4.11. The Kier molecular flexibility index (Phi) is 4.10. The molecule has 2 atom stereocenters. The van der Waals surface area contributed by atoms with E-state index in [4.69, 9.17) is 39.4 Å². The molecule has 4 N–H and O–H groups in total. The van der Waals surface area contributed by atoms with E-state index in [1.807, 2.05) is 6.92 Å². The Labute approximate surface area is 121 Å². The lowest BCUT2D eigenvalue weighted by atomic mass is 9.83. The van der Waals surface area contributed by atoms with Gasteiger partial charge in [0.1, 0.15) is 11.3 Å². The molecule has 0 amide bonds. The SMILES string of the molecule is CCOC1=CC=CC(N)(c2nc(Cl)ncc2Cl)C1N. The van der Waals surface area contributed by atoms with Gasteiger partial charge in [-0.15, -0.1) is 0 Å². The van der Waals surface area contributed by atoms with E-state index in [9.17, 15) is 0 Å². The summed E-state index contributed by atoms with van der Waals surface area (Å²) < 4.78 is 5.47. The van der Waals surface area contributed by atoms with Gasteiger partial charge < -0.3 is 16.2 Å². The van der Waals surface area contributed by atoms with E-state index in [0.29, 0.717) is 23.1 Å². The monoisotopic (exact) mass is 300 g/mol. The standard InChI is InChI=1S/C12H14Cl2N4O/c1-2-19-8-4-3-5-12(16,9(8)15)10-7(13)6-17-11(14)18-10/h3-6,9H,2,15-16H2,1H3. The third-order valence-electron chi connectivity index (χ3n) is 2.89. The lowest BCUT2D eigenvalue weighted by Crippen LogP contribution is -2.54. The van der Waals surface area contributed by atoms with E-state index >= 15 is 0 Å². The second-order valence-corrected chi connectivity index (χ2v) is 4.85. The first-order chi connectivity index (χ1) is 8.99. The Hall–Kier alpha value is -1.14. The predicted octanol–water partition coefficient (Wildman–Crippen LogP) is 1.75. The molecule has 0 bridgehead atoms. The highest BCUT2D eigenvalue weighted by atomic mass is 35.5. The molecule has 0 saturated heterocycles. The number of hydrogen-bond donors (Lipinski definition) is 2. The number of ether oxygens (including phenoxy) is 1. The van der Waals surface area contributed by atoms with Gasteiger partial charge in [-0.1, -0.05) is 23.8 Å². The van der Waals surface area contributed by atoms with Crippen LogP contribution in [0, 0.1) is 0 Å². The summed E-state index contributed by atoms with van der Waals surface area (Å²) in [6.45, 7) is 2.38. The van der Waals surface area contributed by atoms with Crippen molar-refractivity contribution in [1.29, 1.82) is 0 Å². The quantitative estimate of drug-likeness (QED) is 0.831. The Bertz CT molecular complexity index is 547. The van der Waals surface area contributed by atoms with Crippen molar-refractivity contribution in [2.75, 3.05) is 6.61 Å². The molecule has 2 unspecified atom stereocenters. The number of halogens is 2. The third kappa shape index (κ3) is 2.60. The Balaban J connectivity index is 2.46. The second kappa shape index (κ2) is 5.46.